The van der Waals surface area contributed by atoms with Gasteiger partial charge in [-0.3, -0.25) is 4.99 Å². The first kappa shape index (κ1) is 27.8. The van der Waals surface area contributed by atoms with Gasteiger partial charge >= 0.3 is 6.18 Å². The van der Waals surface area contributed by atoms with Crippen molar-refractivity contribution >= 4 is 29.9 Å². The summed E-state index contributed by atoms with van der Waals surface area (Å²) in [5.74, 6) is 1.59. The molecule has 2 N–H and O–H groups in total. The molecule has 0 atom stereocenters. The third-order valence-electron chi connectivity index (χ3n) is 4.22. The highest BCUT2D eigenvalue weighted by molar-refractivity contribution is 14.0. The van der Waals surface area contributed by atoms with E-state index >= 15 is 0 Å². The van der Waals surface area contributed by atoms with Crippen LogP contribution in [0.1, 0.15) is 11.1 Å². The first-order chi connectivity index (χ1) is 14.8. The Morgan fingerprint density at radius 1 is 0.969 bits per heavy atom. The van der Waals surface area contributed by atoms with Crippen LogP contribution in [0.4, 0.5) is 13.2 Å². The molecule has 10 heteroatoms. The number of ether oxygens (including phenoxy) is 2. The number of halogens is 4. The van der Waals surface area contributed by atoms with Crippen molar-refractivity contribution in [2.45, 2.75) is 19.3 Å². The molecule has 0 saturated carbocycles. The van der Waals surface area contributed by atoms with E-state index in [9.17, 15) is 13.2 Å². The Balaban J connectivity index is 0.00000512. The molecule has 2 aromatic rings. The largest absolute Gasteiger partial charge is 0.492 e. The molecule has 0 aliphatic carbocycles. The van der Waals surface area contributed by atoms with Gasteiger partial charge in [0.2, 0.25) is 0 Å². The Labute approximate surface area is 204 Å². The number of para-hydroxylation sites is 1. The molecule has 2 rings (SSSR count). The van der Waals surface area contributed by atoms with Crippen LogP contribution < -0.4 is 20.1 Å². The van der Waals surface area contributed by atoms with E-state index < -0.39 is 12.8 Å². The minimum Gasteiger partial charge on any atom is -0.492 e. The van der Waals surface area contributed by atoms with Gasteiger partial charge in [0.1, 0.15) is 18.1 Å². The monoisotopic (exact) mass is 566 g/mol. The van der Waals surface area contributed by atoms with E-state index in [1.165, 1.54) is 12.1 Å². The van der Waals surface area contributed by atoms with Gasteiger partial charge < -0.3 is 25.0 Å². The highest BCUT2D eigenvalue weighted by atomic mass is 127. The maximum Gasteiger partial charge on any atom is 0.422 e. The zero-order valence-electron chi connectivity index (χ0n) is 18.4. The number of hydrogen-bond acceptors (Lipinski definition) is 4. The molecule has 0 heterocycles. The van der Waals surface area contributed by atoms with Gasteiger partial charge in [-0.1, -0.05) is 30.3 Å². The number of nitrogens with zero attached hydrogens (tertiary/aromatic N) is 2. The summed E-state index contributed by atoms with van der Waals surface area (Å²) in [5.41, 5.74) is 1.89. The average Bonchev–Trinajstić information content (AvgIpc) is 2.73. The normalized spacial score (nSPS) is 11.7. The van der Waals surface area contributed by atoms with Crippen LogP contribution in [0.2, 0.25) is 0 Å². The van der Waals surface area contributed by atoms with Crippen LogP contribution in [0.15, 0.2) is 53.5 Å². The van der Waals surface area contributed by atoms with Crippen LogP contribution in [0.25, 0.3) is 0 Å². The van der Waals surface area contributed by atoms with E-state index in [0.717, 1.165) is 23.4 Å². The molecule has 6 nitrogen and oxygen atoms in total. The van der Waals surface area contributed by atoms with E-state index in [4.69, 9.17) is 9.47 Å². The molecule has 0 fully saturated rings. The Morgan fingerprint density at radius 3 is 2.25 bits per heavy atom. The molecule has 0 radical (unpaired) electrons. The van der Waals surface area contributed by atoms with Crippen LogP contribution in [-0.4, -0.2) is 57.9 Å². The van der Waals surface area contributed by atoms with Crippen molar-refractivity contribution in [2.75, 3.05) is 40.9 Å². The van der Waals surface area contributed by atoms with Crippen molar-refractivity contribution in [3.63, 3.8) is 0 Å². The summed E-state index contributed by atoms with van der Waals surface area (Å²) in [7, 11) is 5.66. The zero-order chi connectivity index (χ0) is 22.7. The third kappa shape index (κ3) is 10.9. The molecule has 2 aromatic carbocycles. The Bertz CT molecular complexity index is 831. The fourth-order valence-electron chi connectivity index (χ4n) is 2.58. The van der Waals surface area contributed by atoms with Gasteiger partial charge in [-0.2, -0.15) is 13.2 Å². The van der Waals surface area contributed by atoms with Crippen molar-refractivity contribution in [3.05, 3.63) is 59.7 Å². The lowest BCUT2D eigenvalue weighted by Gasteiger charge is -2.16. The van der Waals surface area contributed by atoms with Crippen molar-refractivity contribution in [2.24, 2.45) is 4.99 Å². The summed E-state index contributed by atoms with van der Waals surface area (Å²) >= 11 is 0. The second-order valence-electron chi connectivity index (χ2n) is 7.09. The van der Waals surface area contributed by atoms with E-state index in [2.05, 4.69) is 20.5 Å². The molecule has 0 saturated heterocycles. The van der Waals surface area contributed by atoms with E-state index in [0.29, 0.717) is 25.7 Å². The van der Waals surface area contributed by atoms with Crippen LogP contribution in [0.5, 0.6) is 11.5 Å². The smallest absolute Gasteiger partial charge is 0.422 e. The highest BCUT2D eigenvalue weighted by Gasteiger charge is 2.28. The molecule has 0 bridgehead atoms. The number of alkyl halides is 3. The topological polar surface area (TPSA) is 58.1 Å². The summed E-state index contributed by atoms with van der Waals surface area (Å²) in [5, 5.41) is 6.42. The Hall–Kier alpha value is -2.21. The molecular weight excluding hydrogens is 536 g/mol. The molecule has 0 spiro atoms. The molecule has 0 aromatic heterocycles. The predicted octanol–water partition coefficient (Wildman–Crippen LogP) is 4.05. The van der Waals surface area contributed by atoms with Crippen molar-refractivity contribution in [1.29, 1.82) is 0 Å². The Morgan fingerprint density at radius 2 is 1.62 bits per heavy atom. The first-order valence-corrected chi connectivity index (χ1v) is 9.85. The van der Waals surface area contributed by atoms with E-state index in [-0.39, 0.29) is 29.7 Å². The van der Waals surface area contributed by atoms with Crippen LogP contribution >= 0.6 is 24.0 Å². The first-order valence-electron chi connectivity index (χ1n) is 9.85. The minimum atomic E-state index is -4.35. The maximum atomic E-state index is 12.2. The molecule has 178 valence electrons. The summed E-state index contributed by atoms with van der Waals surface area (Å²) in [6.45, 7) is 1.11. The van der Waals surface area contributed by atoms with Gasteiger partial charge in [-0.15, -0.1) is 24.0 Å². The van der Waals surface area contributed by atoms with Gasteiger partial charge in [-0.05, 0) is 37.9 Å². The van der Waals surface area contributed by atoms with Gasteiger partial charge in [0.15, 0.2) is 12.6 Å². The summed E-state index contributed by atoms with van der Waals surface area (Å²) in [6, 6.07) is 14.3. The number of nitrogens with one attached hydrogen (secondary N) is 2. The van der Waals surface area contributed by atoms with Gasteiger partial charge in [0.05, 0.1) is 0 Å². The fraction of sp³-hybridized carbons (Fsp3) is 0.409. The lowest BCUT2D eigenvalue weighted by atomic mass is 10.2. The number of aliphatic imine (C=N–C) groups is 1. The molecule has 0 amide bonds. The second kappa shape index (κ2) is 14.0. The number of benzene rings is 2. The molecule has 0 unspecified atom stereocenters. The van der Waals surface area contributed by atoms with Crippen molar-refractivity contribution < 1.29 is 22.6 Å². The number of guanidine groups is 1. The summed E-state index contributed by atoms with van der Waals surface area (Å²) in [6.07, 6.45) is -4.35. The van der Waals surface area contributed by atoms with Crippen molar-refractivity contribution in [1.82, 2.24) is 15.5 Å². The van der Waals surface area contributed by atoms with Gasteiger partial charge in [0, 0.05) is 32.2 Å². The quantitative estimate of drug-likeness (QED) is 0.258. The molecule has 0 aliphatic rings. The third-order valence-corrected chi connectivity index (χ3v) is 4.22. The van der Waals surface area contributed by atoms with Gasteiger partial charge in [0.25, 0.3) is 0 Å². The SMILES string of the molecule is CN=C(NCc1ccc(OCC(F)(F)F)cc1)NCc1ccccc1OCCN(C)C.I. The molecule has 32 heavy (non-hydrogen) atoms. The lowest BCUT2D eigenvalue weighted by molar-refractivity contribution is -0.153. The average molecular weight is 566 g/mol. The number of hydrogen-bond donors (Lipinski definition) is 2. The summed E-state index contributed by atoms with van der Waals surface area (Å²) in [4.78, 5) is 6.26. The number of rotatable bonds is 10. The van der Waals surface area contributed by atoms with Crippen LogP contribution in [0.3, 0.4) is 0 Å². The van der Waals surface area contributed by atoms with E-state index in [1.54, 1.807) is 19.2 Å². The number of likely N-dealkylation sites (N-methyl/N-ethyl adjacent to an activating group) is 1. The standard InChI is InChI=1S/C22H29F3N4O2.HI/c1-26-21(27-14-17-8-10-19(11-9-17)31-16-22(23,24)25)28-15-18-6-4-5-7-20(18)30-13-12-29(2)3;/h4-11H,12-16H2,1-3H3,(H2,26,27,28);1H. The van der Waals surface area contributed by atoms with E-state index in [1.807, 2.05) is 38.4 Å². The Kier molecular flexibility index (Phi) is 12.2. The van der Waals surface area contributed by atoms with Crippen LogP contribution in [0, 0.1) is 0 Å². The molecular formula is C22H30F3IN4O2. The fourth-order valence-corrected chi connectivity index (χ4v) is 2.58. The zero-order valence-corrected chi connectivity index (χ0v) is 20.7. The molecule has 0 aliphatic heterocycles. The summed E-state index contributed by atoms with van der Waals surface area (Å²) < 4.78 is 47.2. The van der Waals surface area contributed by atoms with Crippen LogP contribution in [-0.2, 0) is 13.1 Å². The second-order valence-corrected chi connectivity index (χ2v) is 7.09. The maximum absolute atomic E-state index is 12.2. The van der Waals surface area contributed by atoms with Crippen molar-refractivity contribution in [3.8, 4) is 11.5 Å². The minimum absolute atomic E-state index is 0. The highest BCUT2D eigenvalue weighted by Crippen LogP contribution is 2.19. The van der Waals surface area contributed by atoms with Gasteiger partial charge in [-0.25, -0.2) is 0 Å². The lowest BCUT2D eigenvalue weighted by Crippen LogP contribution is -2.36. The predicted molar refractivity (Wildman–Crippen MR) is 131 cm³/mol.